The fourth-order valence-electron chi connectivity index (χ4n) is 2.51. The van der Waals surface area contributed by atoms with E-state index in [0.29, 0.717) is 28.6 Å². The Hall–Kier alpha value is -3.26. The molecule has 1 aromatic heterocycles. The molecule has 140 valence electrons. The van der Waals surface area contributed by atoms with Gasteiger partial charge in [0, 0.05) is 16.5 Å². The lowest BCUT2D eigenvalue weighted by Gasteiger charge is -2.26. The molecule has 1 heterocycles. The van der Waals surface area contributed by atoms with Crippen molar-refractivity contribution in [2.75, 3.05) is 0 Å². The molecule has 0 saturated heterocycles. The maximum atomic E-state index is 13.2. The summed E-state index contributed by atoms with van der Waals surface area (Å²) in [5.74, 6) is -0.856. The second kappa shape index (κ2) is 7.16. The van der Waals surface area contributed by atoms with E-state index in [1.165, 1.54) is 12.1 Å². The topological polar surface area (TPSA) is 87.3 Å². The molecule has 0 spiro atoms. The quantitative estimate of drug-likeness (QED) is 0.533. The van der Waals surface area contributed by atoms with Crippen molar-refractivity contribution >= 4 is 23.2 Å². The largest absolute Gasteiger partial charge is 0.277 e. The standard InChI is InChI=1S/C19H19FN4O3/c1-19(2,3)27-24(11-25)23-18(26)13-6-9-16-15(10-13)17(22-21-16)12-4-7-14(20)8-5-12/h4-11H,1-3H3,(H,21,22)(H,23,26). The number of hydrazine groups is 1. The number of halogens is 1. The van der Waals surface area contributed by atoms with Crippen molar-refractivity contribution in [2.24, 2.45) is 0 Å². The Morgan fingerprint density at radius 3 is 2.56 bits per heavy atom. The van der Waals surface area contributed by atoms with Crippen molar-refractivity contribution in [1.29, 1.82) is 0 Å². The van der Waals surface area contributed by atoms with E-state index < -0.39 is 11.5 Å². The summed E-state index contributed by atoms with van der Waals surface area (Å²) in [7, 11) is 0. The second-order valence-corrected chi connectivity index (χ2v) is 6.92. The maximum Gasteiger partial charge on any atom is 0.271 e. The zero-order valence-corrected chi connectivity index (χ0v) is 15.1. The fraction of sp³-hybridized carbons (Fsp3) is 0.211. The van der Waals surface area contributed by atoms with Crippen LogP contribution in [0.1, 0.15) is 31.1 Å². The van der Waals surface area contributed by atoms with Gasteiger partial charge in [0.05, 0.1) is 16.8 Å². The van der Waals surface area contributed by atoms with Crippen LogP contribution in [-0.4, -0.2) is 33.3 Å². The van der Waals surface area contributed by atoms with E-state index in [2.05, 4.69) is 15.6 Å². The number of amides is 2. The third-order valence-corrected chi connectivity index (χ3v) is 3.62. The first-order valence-electron chi connectivity index (χ1n) is 8.25. The van der Waals surface area contributed by atoms with Gasteiger partial charge in [-0.25, -0.2) is 14.7 Å². The summed E-state index contributed by atoms with van der Waals surface area (Å²) in [6.45, 7) is 5.26. The van der Waals surface area contributed by atoms with E-state index in [1.807, 2.05) is 0 Å². The lowest BCUT2D eigenvalue weighted by atomic mass is 10.1. The van der Waals surface area contributed by atoms with E-state index in [1.54, 1.807) is 51.1 Å². The van der Waals surface area contributed by atoms with Gasteiger partial charge in [-0.1, -0.05) is 0 Å². The van der Waals surface area contributed by atoms with Crippen molar-refractivity contribution in [1.82, 2.24) is 20.8 Å². The number of carbonyl (C=O) groups is 2. The Labute approximate surface area is 155 Å². The minimum Gasteiger partial charge on any atom is -0.277 e. The van der Waals surface area contributed by atoms with Gasteiger partial charge in [-0.05, 0) is 63.2 Å². The van der Waals surface area contributed by atoms with Crippen LogP contribution in [0.3, 0.4) is 0 Å². The minimum absolute atomic E-state index is 0.316. The van der Waals surface area contributed by atoms with E-state index >= 15 is 0 Å². The summed E-state index contributed by atoms with van der Waals surface area (Å²) in [6, 6.07) is 10.9. The zero-order valence-electron chi connectivity index (χ0n) is 15.1. The molecule has 3 rings (SSSR count). The molecule has 2 N–H and O–H groups in total. The van der Waals surface area contributed by atoms with Gasteiger partial charge in [0.25, 0.3) is 12.3 Å². The van der Waals surface area contributed by atoms with E-state index in [4.69, 9.17) is 4.84 Å². The van der Waals surface area contributed by atoms with E-state index in [9.17, 15) is 14.0 Å². The van der Waals surface area contributed by atoms with Crippen LogP contribution >= 0.6 is 0 Å². The summed E-state index contributed by atoms with van der Waals surface area (Å²) < 4.78 is 13.2. The molecule has 0 radical (unpaired) electrons. The van der Waals surface area contributed by atoms with Crippen LogP contribution in [0.25, 0.3) is 22.2 Å². The molecule has 0 unspecified atom stereocenters. The Bertz CT molecular complexity index is 977. The average Bonchev–Trinajstić information content (AvgIpc) is 3.03. The Kier molecular flexibility index (Phi) is 4.91. The predicted molar refractivity (Wildman–Crippen MR) is 97.7 cm³/mol. The number of hydrogen-bond donors (Lipinski definition) is 2. The van der Waals surface area contributed by atoms with Gasteiger partial charge in [-0.15, -0.1) is 5.17 Å². The van der Waals surface area contributed by atoms with Crippen LogP contribution in [0.2, 0.25) is 0 Å². The maximum absolute atomic E-state index is 13.2. The van der Waals surface area contributed by atoms with Crippen molar-refractivity contribution in [2.45, 2.75) is 26.4 Å². The van der Waals surface area contributed by atoms with Crippen LogP contribution in [0.4, 0.5) is 4.39 Å². The highest BCUT2D eigenvalue weighted by Gasteiger charge is 2.19. The molecule has 0 fully saturated rings. The second-order valence-electron chi connectivity index (χ2n) is 6.92. The number of fused-ring (bicyclic) bond motifs is 1. The molecule has 27 heavy (non-hydrogen) atoms. The number of aromatic amines is 1. The van der Waals surface area contributed by atoms with Crippen molar-refractivity contribution < 1.29 is 18.8 Å². The average molecular weight is 370 g/mol. The Morgan fingerprint density at radius 1 is 1.22 bits per heavy atom. The summed E-state index contributed by atoms with van der Waals surface area (Å²) >= 11 is 0. The first kappa shape index (κ1) is 18.5. The minimum atomic E-state index is -0.654. The summed E-state index contributed by atoms with van der Waals surface area (Å²) in [5.41, 5.74) is 4.08. The molecule has 7 nitrogen and oxygen atoms in total. The molecule has 0 saturated carbocycles. The van der Waals surface area contributed by atoms with Crippen LogP contribution < -0.4 is 5.43 Å². The molecule has 0 aliphatic carbocycles. The van der Waals surface area contributed by atoms with E-state index in [-0.39, 0.29) is 5.82 Å². The summed E-state index contributed by atoms with van der Waals surface area (Å²) in [5, 5.41) is 8.57. The van der Waals surface area contributed by atoms with Gasteiger partial charge < -0.3 is 0 Å². The van der Waals surface area contributed by atoms with Gasteiger partial charge in [-0.3, -0.25) is 14.7 Å². The van der Waals surface area contributed by atoms with Crippen LogP contribution in [-0.2, 0) is 9.63 Å². The number of rotatable bonds is 5. The molecule has 0 aliphatic heterocycles. The lowest BCUT2D eigenvalue weighted by Crippen LogP contribution is -2.45. The molecule has 0 atom stereocenters. The number of nitrogens with zero attached hydrogens (tertiary/aromatic N) is 2. The smallest absolute Gasteiger partial charge is 0.271 e. The first-order valence-corrected chi connectivity index (χ1v) is 8.25. The molecule has 8 heteroatoms. The summed E-state index contributed by atoms with van der Waals surface area (Å²) in [4.78, 5) is 28.9. The molecule has 2 amide bonds. The highest BCUT2D eigenvalue weighted by atomic mass is 19.1. The summed E-state index contributed by atoms with van der Waals surface area (Å²) in [6.07, 6.45) is 0.378. The molecular formula is C19H19FN4O3. The number of hydroxylamine groups is 1. The number of hydrogen-bond acceptors (Lipinski definition) is 4. The zero-order chi connectivity index (χ0) is 19.6. The number of aromatic nitrogens is 2. The van der Waals surface area contributed by atoms with Crippen LogP contribution in [0.15, 0.2) is 42.5 Å². The molecule has 0 bridgehead atoms. The van der Waals surface area contributed by atoms with Crippen molar-refractivity contribution in [3.8, 4) is 11.3 Å². The fourth-order valence-corrected chi connectivity index (χ4v) is 2.51. The highest BCUT2D eigenvalue weighted by Crippen LogP contribution is 2.27. The van der Waals surface area contributed by atoms with Crippen molar-refractivity contribution in [3.05, 3.63) is 53.8 Å². The highest BCUT2D eigenvalue weighted by molar-refractivity contribution is 6.01. The monoisotopic (exact) mass is 370 g/mol. The third kappa shape index (κ3) is 4.29. The van der Waals surface area contributed by atoms with Crippen molar-refractivity contribution in [3.63, 3.8) is 0 Å². The van der Waals surface area contributed by atoms with Gasteiger partial charge in [0.1, 0.15) is 5.82 Å². The molecular weight excluding hydrogens is 351 g/mol. The molecule has 0 aliphatic rings. The van der Waals surface area contributed by atoms with Crippen LogP contribution in [0, 0.1) is 5.82 Å². The molecule has 3 aromatic rings. The van der Waals surface area contributed by atoms with E-state index in [0.717, 1.165) is 10.7 Å². The number of nitrogens with one attached hydrogen (secondary N) is 2. The lowest BCUT2D eigenvalue weighted by molar-refractivity contribution is -0.231. The molecule has 2 aromatic carbocycles. The van der Waals surface area contributed by atoms with Gasteiger partial charge in [0.2, 0.25) is 0 Å². The first-order chi connectivity index (χ1) is 12.8. The Balaban J connectivity index is 1.89. The Morgan fingerprint density at radius 2 is 1.93 bits per heavy atom. The number of carbonyl (C=O) groups excluding carboxylic acids is 2. The van der Waals surface area contributed by atoms with Crippen LogP contribution in [0.5, 0.6) is 0 Å². The normalized spacial score (nSPS) is 11.4. The number of H-pyrrole nitrogens is 1. The van der Waals surface area contributed by atoms with Gasteiger partial charge >= 0.3 is 0 Å². The predicted octanol–water partition coefficient (Wildman–Crippen LogP) is 3.20. The number of benzene rings is 2. The SMILES string of the molecule is CC(C)(C)ON(C=O)NC(=O)c1ccc2[nH]nc(-c3ccc(F)cc3)c2c1. The van der Waals surface area contributed by atoms with Gasteiger partial charge in [-0.2, -0.15) is 5.10 Å². The third-order valence-electron chi connectivity index (χ3n) is 3.62. The van der Waals surface area contributed by atoms with Gasteiger partial charge in [0.15, 0.2) is 0 Å².